The molecule has 1 unspecified atom stereocenters. The topological polar surface area (TPSA) is 15.3 Å². The summed E-state index contributed by atoms with van der Waals surface area (Å²) in [6, 6.07) is 5.98. The molecule has 112 valence electrons. The Morgan fingerprint density at radius 2 is 2.00 bits per heavy atom. The Bertz CT molecular complexity index is 427. The minimum Gasteiger partial charge on any atom is -0.371 e. The van der Waals surface area contributed by atoms with Crippen LogP contribution >= 0.6 is 0 Å². The molecule has 0 aliphatic heterocycles. The van der Waals surface area contributed by atoms with Crippen LogP contribution in [-0.4, -0.2) is 19.6 Å². The van der Waals surface area contributed by atoms with E-state index in [-0.39, 0.29) is 11.9 Å². The van der Waals surface area contributed by atoms with E-state index in [1.165, 1.54) is 37.8 Å². The number of halogens is 1. The predicted molar refractivity (Wildman–Crippen MR) is 83.8 cm³/mol. The fourth-order valence-corrected chi connectivity index (χ4v) is 3.27. The molecule has 20 heavy (non-hydrogen) atoms. The van der Waals surface area contributed by atoms with Gasteiger partial charge < -0.3 is 10.2 Å². The Kier molecular flexibility index (Phi) is 5.41. The molecule has 3 heteroatoms. The van der Waals surface area contributed by atoms with Crippen molar-refractivity contribution in [2.45, 2.75) is 58.0 Å². The van der Waals surface area contributed by atoms with Gasteiger partial charge in [0.25, 0.3) is 0 Å². The van der Waals surface area contributed by atoms with Crippen LogP contribution in [-0.2, 0) is 0 Å². The quantitative estimate of drug-likeness (QED) is 0.865. The average molecular weight is 278 g/mol. The van der Waals surface area contributed by atoms with E-state index in [1.807, 2.05) is 6.07 Å². The standard InChI is InChI=1S/C17H27FN2/c1-4-19-13(2)16-12-14(18)10-11-17(16)20(3)15-8-6-5-7-9-15/h10-13,15,19H,4-9H2,1-3H3. The molecule has 0 heterocycles. The predicted octanol–water partition coefficient (Wildman–Crippen LogP) is 4.27. The number of nitrogens with zero attached hydrogens (tertiary/aromatic N) is 1. The van der Waals surface area contributed by atoms with E-state index in [0.29, 0.717) is 6.04 Å². The summed E-state index contributed by atoms with van der Waals surface area (Å²) in [5.41, 5.74) is 2.24. The van der Waals surface area contributed by atoms with Crippen LogP contribution in [0.3, 0.4) is 0 Å². The zero-order valence-electron chi connectivity index (χ0n) is 13.0. The van der Waals surface area contributed by atoms with Gasteiger partial charge in [-0.05, 0) is 50.1 Å². The summed E-state index contributed by atoms with van der Waals surface area (Å²) in [5.74, 6) is -0.148. The second kappa shape index (κ2) is 7.07. The zero-order valence-corrected chi connectivity index (χ0v) is 13.0. The molecule has 1 aromatic rings. The highest BCUT2D eigenvalue weighted by Gasteiger charge is 2.22. The van der Waals surface area contributed by atoms with Crippen LogP contribution in [0.25, 0.3) is 0 Å². The van der Waals surface area contributed by atoms with Crippen LogP contribution in [0.1, 0.15) is 57.6 Å². The normalized spacial score (nSPS) is 18.0. The minimum absolute atomic E-state index is 0.148. The Labute approximate surface area is 122 Å². The summed E-state index contributed by atoms with van der Waals surface area (Å²) in [6.07, 6.45) is 6.49. The lowest BCUT2D eigenvalue weighted by atomic mass is 9.93. The number of rotatable bonds is 5. The molecule has 1 saturated carbocycles. The minimum atomic E-state index is -0.148. The van der Waals surface area contributed by atoms with Crippen LogP contribution in [0.5, 0.6) is 0 Å². The summed E-state index contributed by atoms with van der Waals surface area (Å²) < 4.78 is 13.6. The first kappa shape index (κ1) is 15.3. The highest BCUT2D eigenvalue weighted by molar-refractivity contribution is 5.55. The molecule has 1 N–H and O–H groups in total. The molecule has 0 aromatic heterocycles. The Morgan fingerprint density at radius 3 is 2.65 bits per heavy atom. The number of nitrogens with one attached hydrogen (secondary N) is 1. The van der Waals surface area contributed by atoms with Gasteiger partial charge in [0.15, 0.2) is 0 Å². The molecule has 2 nitrogen and oxygen atoms in total. The maximum absolute atomic E-state index is 13.6. The molecule has 2 rings (SSSR count). The van der Waals surface area contributed by atoms with Gasteiger partial charge >= 0.3 is 0 Å². The third-order valence-electron chi connectivity index (χ3n) is 4.47. The third-order valence-corrected chi connectivity index (χ3v) is 4.47. The molecular formula is C17H27FN2. The van der Waals surface area contributed by atoms with Crippen molar-refractivity contribution >= 4 is 5.69 Å². The smallest absolute Gasteiger partial charge is 0.123 e. The van der Waals surface area contributed by atoms with Gasteiger partial charge in [-0.15, -0.1) is 0 Å². The summed E-state index contributed by atoms with van der Waals surface area (Å²) in [5, 5.41) is 3.39. The first-order valence-electron chi connectivity index (χ1n) is 7.89. The van der Waals surface area contributed by atoms with E-state index in [2.05, 4.69) is 31.1 Å². The maximum Gasteiger partial charge on any atom is 0.123 e. The van der Waals surface area contributed by atoms with Crippen molar-refractivity contribution in [1.29, 1.82) is 0 Å². The highest BCUT2D eigenvalue weighted by atomic mass is 19.1. The number of hydrogen-bond donors (Lipinski definition) is 1. The first-order chi connectivity index (χ1) is 9.63. The van der Waals surface area contributed by atoms with Gasteiger partial charge in [-0.3, -0.25) is 0 Å². The Morgan fingerprint density at radius 1 is 1.30 bits per heavy atom. The molecule has 0 bridgehead atoms. The van der Waals surface area contributed by atoms with Crippen molar-refractivity contribution < 1.29 is 4.39 Å². The van der Waals surface area contributed by atoms with Crippen LogP contribution in [0.15, 0.2) is 18.2 Å². The van der Waals surface area contributed by atoms with Crippen molar-refractivity contribution in [3.8, 4) is 0 Å². The molecule has 0 radical (unpaired) electrons. The van der Waals surface area contributed by atoms with Crippen LogP contribution < -0.4 is 10.2 Å². The molecule has 1 atom stereocenters. The van der Waals surface area contributed by atoms with Crippen LogP contribution in [0, 0.1) is 5.82 Å². The Hall–Kier alpha value is -1.09. The summed E-state index contributed by atoms with van der Waals surface area (Å²) in [4.78, 5) is 2.36. The van der Waals surface area contributed by atoms with Crippen molar-refractivity contribution in [3.05, 3.63) is 29.6 Å². The lowest BCUT2D eigenvalue weighted by Gasteiger charge is -2.35. The highest BCUT2D eigenvalue weighted by Crippen LogP contribution is 2.31. The Balaban J connectivity index is 2.24. The van der Waals surface area contributed by atoms with Crippen LogP contribution in [0.4, 0.5) is 10.1 Å². The van der Waals surface area contributed by atoms with Gasteiger partial charge in [0.05, 0.1) is 0 Å². The lowest BCUT2D eigenvalue weighted by molar-refractivity contribution is 0.426. The molecule has 1 aliphatic rings. The van der Waals surface area contributed by atoms with E-state index in [1.54, 1.807) is 12.1 Å². The molecule has 0 spiro atoms. The van der Waals surface area contributed by atoms with E-state index >= 15 is 0 Å². The molecule has 1 aliphatic carbocycles. The van der Waals surface area contributed by atoms with E-state index in [4.69, 9.17) is 0 Å². The fourth-order valence-electron chi connectivity index (χ4n) is 3.27. The number of hydrogen-bond acceptors (Lipinski definition) is 2. The van der Waals surface area contributed by atoms with Gasteiger partial charge in [-0.1, -0.05) is 26.2 Å². The third kappa shape index (κ3) is 3.51. The molecule has 0 amide bonds. The first-order valence-corrected chi connectivity index (χ1v) is 7.89. The van der Waals surface area contributed by atoms with E-state index in [0.717, 1.165) is 12.1 Å². The van der Waals surface area contributed by atoms with Gasteiger partial charge in [-0.25, -0.2) is 4.39 Å². The second-order valence-corrected chi connectivity index (χ2v) is 5.89. The summed E-state index contributed by atoms with van der Waals surface area (Å²) in [6.45, 7) is 5.08. The molecule has 1 fully saturated rings. The van der Waals surface area contributed by atoms with Gasteiger partial charge in [0.1, 0.15) is 5.82 Å². The molecule has 0 saturated heterocycles. The van der Waals surface area contributed by atoms with Gasteiger partial charge in [-0.2, -0.15) is 0 Å². The molecular weight excluding hydrogens is 251 g/mol. The maximum atomic E-state index is 13.6. The van der Waals surface area contributed by atoms with Gasteiger partial charge in [0.2, 0.25) is 0 Å². The largest absolute Gasteiger partial charge is 0.371 e. The SMILES string of the molecule is CCNC(C)c1cc(F)ccc1N(C)C1CCCCC1. The van der Waals surface area contributed by atoms with Crippen molar-refractivity contribution in [2.75, 3.05) is 18.5 Å². The van der Waals surface area contributed by atoms with E-state index < -0.39 is 0 Å². The number of benzene rings is 1. The average Bonchev–Trinajstić information content (AvgIpc) is 2.47. The molecule has 1 aromatic carbocycles. The van der Waals surface area contributed by atoms with Crippen molar-refractivity contribution in [1.82, 2.24) is 5.32 Å². The fraction of sp³-hybridized carbons (Fsp3) is 0.647. The second-order valence-electron chi connectivity index (χ2n) is 5.89. The van der Waals surface area contributed by atoms with Crippen molar-refractivity contribution in [3.63, 3.8) is 0 Å². The zero-order chi connectivity index (χ0) is 14.5. The van der Waals surface area contributed by atoms with Gasteiger partial charge in [0, 0.05) is 24.8 Å². The summed E-state index contributed by atoms with van der Waals surface area (Å²) in [7, 11) is 2.16. The number of anilines is 1. The lowest BCUT2D eigenvalue weighted by Crippen LogP contribution is -2.34. The van der Waals surface area contributed by atoms with E-state index in [9.17, 15) is 4.39 Å². The monoisotopic (exact) mass is 278 g/mol. The van der Waals surface area contributed by atoms with Crippen molar-refractivity contribution in [2.24, 2.45) is 0 Å². The summed E-state index contributed by atoms with van der Waals surface area (Å²) >= 11 is 0. The van der Waals surface area contributed by atoms with Crippen LogP contribution in [0.2, 0.25) is 0 Å².